The fourth-order valence-corrected chi connectivity index (χ4v) is 4.26. The van der Waals surface area contributed by atoms with Crippen LogP contribution in [0.5, 0.6) is 0 Å². The van der Waals surface area contributed by atoms with Gasteiger partial charge in [0.15, 0.2) is 0 Å². The van der Waals surface area contributed by atoms with Crippen LogP contribution in [-0.2, 0) is 20.9 Å². The fourth-order valence-electron chi connectivity index (χ4n) is 3.30. The van der Waals surface area contributed by atoms with Crippen LogP contribution in [-0.4, -0.2) is 59.4 Å². The first-order chi connectivity index (χ1) is 12.5. The van der Waals surface area contributed by atoms with E-state index in [1.54, 1.807) is 7.05 Å². The van der Waals surface area contributed by atoms with Gasteiger partial charge in [-0.2, -0.15) is 0 Å². The molecule has 0 aliphatic carbocycles. The maximum Gasteiger partial charge on any atom is 0.242 e. The van der Waals surface area contributed by atoms with Gasteiger partial charge in [-0.3, -0.25) is 9.59 Å². The normalized spacial score (nSPS) is 20.3. The number of hydrogen-bond acceptors (Lipinski definition) is 4. The van der Waals surface area contributed by atoms with Gasteiger partial charge in [0.25, 0.3) is 0 Å². The Morgan fingerprint density at radius 1 is 1.23 bits per heavy atom. The van der Waals surface area contributed by atoms with Crippen LogP contribution in [0.15, 0.2) is 35.4 Å². The second-order valence-electron chi connectivity index (χ2n) is 6.66. The predicted molar refractivity (Wildman–Crippen MR) is 103 cm³/mol. The van der Waals surface area contributed by atoms with E-state index in [1.807, 2.05) is 53.8 Å². The van der Waals surface area contributed by atoms with Crippen molar-refractivity contribution in [1.82, 2.24) is 14.8 Å². The number of nitrogens with one attached hydrogen (secondary N) is 1. The summed E-state index contributed by atoms with van der Waals surface area (Å²) < 4.78 is 7.69. The van der Waals surface area contributed by atoms with Crippen molar-refractivity contribution in [2.24, 2.45) is 0 Å². The Morgan fingerprint density at radius 2 is 1.92 bits per heavy atom. The molecule has 0 spiro atoms. The molecule has 2 atom stereocenters. The summed E-state index contributed by atoms with van der Waals surface area (Å²) >= 11 is 1.49. The maximum atomic E-state index is 12.8. The number of carbonyl (C=O) groups is 2. The van der Waals surface area contributed by atoms with Gasteiger partial charge in [0.05, 0.1) is 18.0 Å². The Kier molecular flexibility index (Phi) is 5.88. The Balaban J connectivity index is 1.79. The molecular formula is C19H25N3O3S. The number of carbonyl (C=O) groups excluding carboxylic acids is 2. The summed E-state index contributed by atoms with van der Waals surface area (Å²) in [4.78, 5) is 27.3. The molecule has 6 nitrogen and oxygen atoms in total. The Morgan fingerprint density at radius 3 is 2.62 bits per heavy atom. The van der Waals surface area contributed by atoms with E-state index in [9.17, 15) is 9.59 Å². The van der Waals surface area contributed by atoms with Crippen LogP contribution >= 0.6 is 11.8 Å². The van der Waals surface area contributed by atoms with Crippen molar-refractivity contribution in [2.45, 2.75) is 37.5 Å². The molecule has 3 rings (SSSR count). The van der Waals surface area contributed by atoms with Crippen LogP contribution in [0.4, 0.5) is 0 Å². The monoisotopic (exact) mass is 375 g/mol. The van der Waals surface area contributed by atoms with Crippen LogP contribution < -0.4 is 5.32 Å². The predicted octanol–water partition coefficient (Wildman–Crippen LogP) is 2.12. The van der Waals surface area contributed by atoms with E-state index in [4.69, 9.17) is 4.74 Å². The highest BCUT2D eigenvalue weighted by Crippen LogP contribution is 2.30. The zero-order valence-corrected chi connectivity index (χ0v) is 16.2. The van der Waals surface area contributed by atoms with E-state index in [0.29, 0.717) is 25.4 Å². The van der Waals surface area contributed by atoms with Gasteiger partial charge in [-0.05, 0) is 19.9 Å². The molecule has 0 saturated carbocycles. The third kappa shape index (κ3) is 4.22. The molecule has 1 aliphatic rings. The molecule has 7 heteroatoms. The van der Waals surface area contributed by atoms with Gasteiger partial charge in [-0.1, -0.05) is 18.2 Å². The molecule has 1 fully saturated rings. The quantitative estimate of drug-likeness (QED) is 0.813. The molecule has 1 saturated heterocycles. The van der Waals surface area contributed by atoms with Crippen molar-refractivity contribution in [2.75, 3.05) is 25.9 Å². The molecule has 2 aromatic rings. The highest BCUT2D eigenvalue weighted by atomic mass is 32.2. The molecule has 2 amide bonds. The van der Waals surface area contributed by atoms with Crippen LogP contribution in [0, 0.1) is 0 Å². The van der Waals surface area contributed by atoms with Gasteiger partial charge in [0.1, 0.15) is 6.54 Å². The molecule has 2 unspecified atom stereocenters. The maximum absolute atomic E-state index is 12.8. The van der Waals surface area contributed by atoms with Crippen molar-refractivity contribution in [3.05, 3.63) is 30.5 Å². The lowest BCUT2D eigenvalue weighted by molar-refractivity contribution is -0.143. The topological polar surface area (TPSA) is 63.6 Å². The number of aromatic nitrogens is 1. The Labute approximate surface area is 157 Å². The summed E-state index contributed by atoms with van der Waals surface area (Å²) in [5, 5.41) is 3.70. The zero-order valence-electron chi connectivity index (χ0n) is 15.4. The van der Waals surface area contributed by atoms with Gasteiger partial charge in [0, 0.05) is 42.1 Å². The minimum absolute atomic E-state index is 0.0146. The molecule has 0 bridgehead atoms. The smallest absolute Gasteiger partial charge is 0.242 e. The van der Waals surface area contributed by atoms with Gasteiger partial charge in [0.2, 0.25) is 11.8 Å². The number of rotatable bonds is 5. The number of morpholine rings is 1. The van der Waals surface area contributed by atoms with Crippen molar-refractivity contribution in [3.8, 4) is 0 Å². The van der Waals surface area contributed by atoms with Crippen LogP contribution in [0.25, 0.3) is 10.9 Å². The lowest BCUT2D eigenvalue weighted by Gasteiger charge is -2.35. The number of fused-ring (bicyclic) bond motifs is 1. The van der Waals surface area contributed by atoms with Crippen molar-refractivity contribution in [3.63, 3.8) is 0 Å². The van der Waals surface area contributed by atoms with E-state index < -0.39 is 0 Å². The average Bonchev–Trinajstić information content (AvgIpc) is 2.96. The van der Waals surface area contributed by atoms with Crippen LogP contribution in [0.2, 0.25) is 0 Å². The largest absolute Gasteiger partial charge is 0.372 e. The number of ether oxygens (including phenoxy) is 1. The molecule has 1 aromatic heterocycles. The molecule has 1 aliphatic heterocycles. The van der Waals surface area contributed by atoms with Crippen molar-refractivity contribution >= 4 is 34.5 Å². The molecular weight excluding hydrogens is 350 g/mol. The summed E-state index contributed by atoms with van der Waals surface area (Å²) in [6.45, 7) is 5.53. The average molecular weight is 375 g/mol. The molecule has 1 aromatic carbocycles. The van der Waals surface area contributed by atoms with Gasteiger partial charge >= 0.3 is 0 Å². The van der Waals surface area contributed by atoms with Gasteiger partial charge in [-0.15, -0.1) is 11.8 Å². The first-order valence-corrected chi connectivity index (χ1v) is 9.81. The SMILES string of the molecule is CNC(=O)CSc1cn(CC(=O)N2CC(C)OC(C)C2)c2ccccc12. The van der Waals surface area contributed by atoms with Crippen molar-refractivity contribution < 1.29 is 14.3 Å². The lowest BCUT2D eigenvalue weighted by atomic mass is 10.2. The summed E-state index contributed by atoms with van der Waals surface area (Å²) in [5.74, 6) is 0.437. The number of amides is 2. The molecule has 140 valence electrons. The van der Waals surface area contributed by atoms with Crippen LogP contribution in [0.3, 0.4) is 0 Å². The van der Waals surface area contributed by atoms with Crippen molar-refractivity contribution in [1.29, 1.82) is 0 Å². The number of benzene rings is 1. The fraction of sp³-hybridized carbons (Fsp3) is 0.474. The number of para-hydroxylation sites is 1. The van der Waals surface area contributed by atoms with E-state index >= 15 is 0 Å². The lowest BCUT2D eigenvalue weighted by Crippen LogP contribution is -2.49. The summed E-state index contributed by atoms with van der Waals surface area (Å²) in [7, 11) is 1.63. The first kappa shape index (κ1) is 18.8. The number of thioether (sulfide) groups is 1. The van der Waals surface area contributed by atoms with E-state index in [1.165, 1.54) is 11.8 Å². The third-order valence-corrected chi connectivity index (χ3v) is 5.51. The second-order valence-corrected chi connectivity index (χ2v) is 7.67. The Hall–Kier alpha value is -1.99. The standard InChI is InChI=1S/C19H25N3O3S/c1-13-8-22(9-14(2)25-13)19(24)11-21-10-17(26-12-18(23)20-3)15-6-4-5-7-16(15)21/h4-7,10,13-14H,8-9,11-12H2,1-3H3,(H,20,23). The van der Waals surface area contributed by atoms with Gasteiger partial charge < -0.3 is 19.5 Å². The highest BCUT2D eigenvalue weighted by molar-refractivity contribution is 8.00. The number of nitrogens with zero attached hydrogens (tertiary/aromatic N) is 2. The summed E-state index contributed by atoms with van der Waals surface area (Å²) in [6.07, 6.45) is 2.09. The summed E-state index contributed by atoms with van der Waals surface area (Å²) in [5.41, 5.74) is 1.01. The molecule has 1 N–H and O–H groups in total. The zero-order chi connectivity index (χ0) is 18.7. The van der Waals surface area contributed by atoms with Gasteiger partial charge in [-0.25, -0.2) is 0 Å². The van der Waals surface area contributed by atoms with E-state index in [0.717, 1.165) is 15.8 Å². The Bertz CT molecular complexity index is 794. The minimum atomic E-state index is -0.0146. The highest BCUT2D eigenvalue weighted by Gasteiger charge is 2.26. The third-order valence-electron chi connectivity index (χ3n) is 4.47. The first-order valence-electron chi connectivity index (χ1n) is 8.82. The summed E-state index contributed by atoms with van der Waals surface area (Å²) in [6, 6.07) is 7.98. The molecule has 26 heavy (non-hydrogen) atoms. The minimum Gasteiger partial charge on any atom is -0.372 e. The van der Waals surface area contributed by atoms with E-state index in [2.05, 4.69) is 5.32 Å². The molecule has 0 radical (unpaired) electrons. The van der Waals surface area contributed by atoms with E-state index in [-0.39, 0.29) is 24.0 Å². The molecule has 2 heterocycles. The second kappa shape index (κ2) is 8.14. The van der Waals surface area contributed by atoms with Crippen LogP contribution in [0.1, 0.15) is 13.8 Å². The number of hydrogen-bond donors (Lipinski definition) is 1.